The molecule has 2 aliphatic rings. The zero-order chi connectivity index (χ0) is 33.8. The van der Waals surface area contributed by atoms with Crippen LogP contribution in [0.2, 0.25) is 0 Å². The van der Waals surface area contributed by atoms with Gasteiger partial charge in [0.25, 0.3) is 20.2 Å². The number of para-hydroxylation sites is 2. The highest BCUT2D eigenvalue weighted by Gasteiger charge is 2.24. The molecule has 0 saturated carbocycles. The Morgan fingerprint density at radius 3 is 2.15 bits per heavy atom. The number of benzene rings is 6. The van der Waals surface area contributed by atoms with Gasteiger partial charge < -0.3 is 15.6 Å². The smallest absolute Gasteiger partial charge is 0.296 e. The van der Waals surface area contributed by atoms with E-state index in [1.54, 1.807) is 42.5 Å². The molecule has 1 heterocycles. The fraction of sp³-hybridized carbons (Fsp3) is 0.0286. The lowest BCUT2D eigenvalue weighted by Crippen LogP contribution is -2.15. The topological polar surface area (TPSA) is 177 Å². The van der Waals surface area contributed by atoms with Crippen molar-refractivity contribution in [3.63, 3.8) is 0 Å². The number of aromatic nitrogens is 2. The van der Waals surface area contributed by atoms with Crippen molar-refractivity contribution < 1.29 is 25.9 Å². The molecule has 11 nitrogen and oxygen atoms in total. The SMILES string of the molecule is Cc1cc(Nc2ccc(N)cc2S(=O)(=O)O)cc2c1nc1c3cccc(S(=O)(=O)O)c3c(=Nc3ccccc3)cc-1n2-c1ccccc1. The number of anilines is 3. The average molecular weight is 678 g/mol. The summed E-state index contributed by atoms with van der Waals surface area (Å²) in [4.78, 5) is 9.21. The van der Waals surface area contributed by atoms with Crippen LogP contribution in [0.1, 0.15) is 5.56 Å². The largest absolute Gasteiger partial charge is 0.399 e. The van der Waals surface area contributed by atoms with E-state index in [1.165, 1.54) is 24.3 Å². The predicted octanol–water partition coefficient (Wildman–Crippen LogP) is 6.64. The van der Waals surface area contributed by atoms with Gasteiger partial charge in [-0.05, 0) is 79.2 Å². The molecule has 13 heteroatoms. The van der Waals surface area contributed by atoms with Crippen LogP contribution in [0.3, 0.4) is 0 Å². The van der Waals surface area contributed by atoms with Gasteiger partial charge in [-0.3, -0.25) is 9.11 Å². The first-order valence-electron chi connectivity index (χ1n) is 14.6. The van der Waals surface area contributed by atoms with Crippen molar-refractivity contribution in [1.82, 2.24) is 9.55 Å². The fourth-order valence-electron chi connectivity index (χ4n) is 5.89. The van der Waals surface area contributed by atoms with E-state index in [1.807, 2.05) is 60.0 Å². The minimum absolute atomic E-state index is 0.123. The lowest BCUT2D eigenvalue weighted by atomic mass is 10.0. The third-order valence-electron chi connectivity index (χ3n) is 7.90. The second-order valence-corrected chi connectivity index (χ2v) is 13.9. The Kier molecular flexibility index (Phi) is 7.48. The van der Waals surface area contributed by atoms with Crippen molar-refractivity contribution in [1.29, 1.82) is 0 Å². The van der Waals surface area contributed by atoms with E-state index in [0.29, 0.717) is 50.1 Å². The molecule has 7 rings (SSSR count). The Hall–Kier alpha value is -5.60. The molecule has 5 N–H and O–H groups in total. The number of aryl methyl sites for hydroxylation is 1. The molecular weight excluding hydrogens is 651 g/mol. The zero-order valence-electron chi connectivity index (χ0n) is 25.2. The molecule has 1 aliphatic carbocycles. The maximum absolute atomic E-state index is 12.7. The summed E-state index contributed by atoms with van der Waals surface area (Å²) in [6.07, 6.45) is 0. The van der Waals surface area contributed by atoms with Gasteiger partial charge in [-0.2, -0.15) is 16.8 Å². The highest BCUT2D eigenvalue weighted by atomic mass is 32.2. The number of nitrogens with zero attached hydrogens (tertiary/aromatic N) is 3. The van der Waals surface area contributed by atoms with E-state index >= 15 is 0 Å². The minimum Gasteiger partial charge on any atom is -0.399 e. The predicted molar refractivity (Wildman–Crippen MR) is 185 cm³/mol. The van der Waals surface area contributed by atoms with Gasteiger partial charge >= 0.3 is 0 Å². The monoisotopic (exact) mass is 677 g/mol. The molecule has 0 spiro atoms. The standard InChI is InChI=1S/C35H27N5O6S2/c1-21-17-24(38-27-16-15-22(36)18-32(27)48(44,45)46)19-29-34(21)39-35-26-13-8-14-31(47(41,42)43)33(26)28(37-23-9-4-2-5-10-23)20-30(35)40(29)25-11-6-3-7-12-25/h2-20,38H,36H2,1H3,(H,41,42,43)(H,44,45,46). The molecule has 5 aromatic rings. The van der Waals surface area contributed by atoms with Gasteiger partial charge in [0, 0.05) is 27.8 Å². The number of nitrogen functional groups attached to an aromatic ring is 1. The molecule has 1 aliphatic heterocycles. The lowest BCUT2D eigenvalue weighted by molar-refractivity contribution is 0.481. The maximum Gasteiger partial charge on any atom is 0.296 e. The summed E-state index contributed by atoms with van der Waals surface area (Å²) >= 11 is 0. The number of hydrogen-bond acceptors (Lipinski definition) is 8. The Balaban J connectivity index is 1.62. The molecule has 48 heavy (non-hydrogen) atoms. The first-order valence-corrected chi connectivity index (χ1v) is 17.5. The Morgan fingerprint density at radius 2 is 1.46 bits per heavy atom. The molecule has 0 bridgehead atoms. The van der Waals surface area contributed by atoms with Crippen molar-refractivity contribution in [2.45, 2.75) is 16.7 Å². The second kappa shape index (κ2) is 11.6. The van der Waals surface area contributed by atoms with Crippen molar-refractivity contribution in [3.8, 4) is 17.1 Å². The van der Waals surface area contributed by atoms with E-state index in [4.69, 9.17) is 15.7 Å². The first kappa shape index (κ1) is 31.0. The second-order valence-electron chi connectivity index (χ2n) is 11.2. The Labute approximate surface area is 275 Å². The summed E-state index contributed by atoms with van der Waals surface area (Å²) in [7, 11) is -9.25. The van der Waals surface area contributed by atoms with Crippen LogP contribution < -0.4 is 16.4 Å². The molecule has 0 fully saturated rings. The van der Waals surface area contributed by atoms with Crippen LogP contribution in [-0.4, -0.2) is 35.5 Å². The van der Waals surface area contributed by atoms with E-state index < -0.39 is 20.2 Å². The van der Waals surface area contributed by atoms with Gasteiger partial charge in [-0.15, -0.1) is 0 Å². The lowest BCUT2D eigenvalue weighted by Gasteiger charge is -2.23. The highest BCUT2D eigenvalue weighted by Crippen LogP contribution is 2.38. The number of hydrogen-bond donors (Lipinski definition) is 4. The molecule has 0 amide bonds. The van der Waals surface area contributed by atoms with Crippen molar-refractivity contribution in [3.05, 3.63) is 126 Å². The Morgan fingerprint density at radius 1 is 0.771 bits per heavy atom. The summed E-state index contributed by atoms with van der Waals surface area (Å²) in [6, 6.07) is 32.7. The van der Waals surface area contributed by atoms with Crippen LogP contribution in [0.5, 0.6) is 0 Å². The summed E-state index contributed by atoms with van der Waals surface area (Å²) in [6.45, 7) is 1.85. The fourth-order valence-corrected chi connectivity index (χ4v) is 7.30. The first-order chi connectivity index (χ1) is 22.9. The quantitative estimate of drug-likeness (QED) is 0.0650. The van der Waals surface area contributed by atoms with Crippen molar-refractivity contribution >= 4 is 64.8 Å². The van der Waals surface area contributed by atoms with Crippen molar-refractivity contribution in [2.24, 2.45) is 4.99 Å². The van der Waals surface area contributed by atoms with Gasteiger partial charge in [0.1, 0.15) is 9.79 Å². The molecular formula is C35H27N5O6S2. The van der Waals surface area contributed by atoms with E-state index in [-0.39, 0.29) is 26.6 Å². The van der Waals surface area contributed by atoms with Crippen LogP contribution in [-0.2, 0) is 20.2 Å². The number of nitrogens with two attached hydrogens (primary N) is 1. The van der Waals surface area contributed by atoms with Crippen molar-refractivity contribution in [2.75, 3.05) is 11.1 Å². The highest BCUT2D eigenvalue weighted by molar-refractivity contribution is 7.86. The molecule has 5 aromatic carbocycles. The van der Waals surface area contributed by atoms with E-state index in [9.17, 15) is 25.9 Å². The van der Waals surface area contributed by atoms with Gasteiger partial charge in [0.2, 0.25) is 0 Å². The van der Waals surface area contributed by atoms with Crippen LogP contribution >= 0.6 is 0 Å². The Bertz CT molecular complexity index is 2660. The summed E-state index contributed by atoms with van der Waals surface area (Å²) in [5.41, 5.74) is 10.9. The summed E-state index contributed by atoms with van der Waals surface area (Å²) in [5, 5.41) is 4.10. The molecule has 0 unspecified atom stereocenters. The summed E-state index contributed by atoms with van der Waals surface area (Å²) in [5.74, 6) is 0. The number of rotatable bonds is 6. The normalized spacial score (nSPS) is 12.6. The average Bonchev–Trinajstić information content (AvgIpc) is 3.04. The van der Waals surface area contributed by atoms with Crippen LogP contribution in [0.15, 0.2) is 130 Å². The van der Waals surface area contributed by atoms with E-state index in [0.717, 1.165) is 5.69 Å². The molecule has 0 radical (unpaired) electrons. The van der Waals surface area contributed by atoms with Gasteiger partial charge in [0.05, 0.1) is 39.2 Å². The molecule has 0 atom stereocenters. The third-order valence-corrected chi connectivity index (χ3v) is 9.69. The third kappa shape index (κ3) is 5.65. The molecule has 0 aromatic heterocycles. The molecule has 240 valence electrons. The zero-order valence-corrected chi connectivity index (χ0v) is 26.9. The van der Waals surface area contributed by atoms with Crippen LogP contribution in [0.25, 0.3) is 38.9 Å². The maximum atomic E-state index is 12.7. The van der Waals surface area contributed by atoms with E-state index in [2.05, 4.69) is 5.32 Å². The summed E-state index contributed by atoms with van der Waals surface area (Å²) < 4.78 is 71.8. The number of nitrogens with one attached hydrogen (secondary N) is 1. The van der Waals surface area contributed by atoms with Gasteiger partial charge in [-0.1, -0.05) is 48.5 Å². The minimum atomic E-state index is -4.65. The van der Waals surface area contributed by atoms with Gasteiger partial charge in [0.15, 0.2) is 0 Å². The van der Waals surface area contributed by atoms with Crippen LogP contribution in [0.4, 0.5) is 22.7 Å². The number of fused-ring (bicyclic) bond motifs is 4. The van der Waals surface area contributed by atoms with Crippen LogP contribution in [0, 0.1) is 6.92 Å². The van der Waals surface area contributed by atoms with Gasteiger partial charge in [-0.25, -0.2) is 9.98 Å². The molecule has 0 saturated heterocycles.